The number of hydrogen-bond donors (Lipinski definition) is 0. The molecular formula is C28H26Cl2F5N3O4. The Bertz CT molecular complexity index is 1390. The second-order valence-electron chi connectivity index (χ2n) is 11.1. The van der Waals surface area contributed by atoms with Crippen LogP contribution in [0, 0.1) is 22.7 Å². The lowest BCUT2D eigenvalue weighted by Crippen LogP contribution is -2.40. The number of ether oxygens (including phenoxy) is 1. The van der Waals surface area contributed by atoms with Crippen molar-refractivity contribution in [3.63, 3.8) is 0 Å². The molecule has 3 fully saturated rings. The molecule has 2 atom stereocenters. The number of nitrogens with zero attached hydrogens (tertiary/aromatic N) is 3. The maximum atomic E-state index is 14.5. The van der Waals surface area contributed by atoms with Gasteiger partial charge in [0.2, 0.25) is 0 Å². The molecule has 226 valence electrons. The number of ketones is 1. The lowest BCUT2D eigenvalue weighted by molar-refractivity contribution is -0.297. The monoisotopic (exact) mass is 633 g/mol. The van der Waals surface area contributed by atoms with Gasteiger partial charge < -0.3 is 14.1 Å². The van der Waals surface area contributed by atoms with Gasteiger partial charge in [-0.2, -0.15) is 27.2 Å². The summed E-state index contributed by atoms with van der Waals surface area (Å²) in [6.07, 6.45) is -5.05. The molecule has 1 aliphatic heterocycles. The second kappa shape index (κ2) is 11.1. The number of oxazole rings is 1. The lowest BCUT2D eigenvalue weighted by Gasteiger charge is -2.36. The first kappa shape index (κ1) is 30.7. The van der Waals surface area contributed by atoms with Crippen molar-refractivity contribution in [2.75, 3.05) is 26.3 Å². The topological polar surface area (TPSA) is 96.4 Å². The van der Waals surface area contributed by atoms with Gasteiger partial charge in [0.15, 0.2) is 0 Å². The van der Waals surface area contributed by atoms with Gasteiger partial charge in [-0.3, -0.25) is 9.59 Å². The molecule has 2 aliphatic carbocycles. The van der Waals surface area contributed by atoms with E-state index in [4.69, 9.17) is 32.4 Å². The van der Waals surface area contributed by atoms with Crippen molar-refractivity contribution >= 4 is 34.9 Å². The van der Waals surface area contributed by atoms with Gasteiger partial charge in [0, 0.05) is 42.5 Å². The van der Waals surface area contributed by atoms with Crippen LogP contribution in [0.4, 0.5) is 22.0 Å². The van der Waals surface area contributed by atoms with Crippen LogP contribution in [-0.4, -0.2) is 58.4 Å². The first-order chi connectivity index (χ1) is 19.7. The fourth-order valence-electron chi connectivity index (χ4n) is 5.49. The molecular weight excluding hydrogens is 608 g/mol. The van der Waals surface area contributed by atoms with E-state index >= 15 is 0 Å². The summed E-state index contributed by atoms with van der Waals surface area (Å²) in [6.45, 7) is 1.53. The number of Topliss-reactive ketones (excluding diaryl/α,β-unsaturated/α-hetero) is 1. The number of nitriles is 1. The Morgan fingerprint density at radius 1 is 1.07 bits per heavy atom. The minimum Gasteiger partial charge on any atom is -0.439 e. The van der Waals surface area contributed by atoms with Gasteiger partial charge in [-0.05, 0) is 44.2 Å². The van der Waals surface area contributed by atoms with E-state index < -0.39 is 45.4 Å². The summed E-state index contributed by atoms with van der Waals surface area (Å²) < 4.78 is 78.1. The van der Waals surface area contributed by atoms with Gasteiger partial charge in [-0.1, -0.05) is 12.1 Å². The molecule has 2 aromatic rings. The van der Waals surface area contributed by atoms with Gasteiger partial charge in [-0.25, -0.2) is 4.98 Å². The lowest BCUT2D eigenvalue weighted by atomic mass is 9.72. The van der Waals surface area contributed by atoms with Crippen molar-refractivity contribution in [2.24, 2.45) is 11.3 Å². The zero-order chi connectivity index (χ0) is 30.5. The fourth-order valence-corrected chi connectivity index (χ4v) is 6.05. The van der Waals surface area contributed by atoms with Crippen LogP contribution in [0.25, 0.3) is 11.3 Å². The van der Waals surface area contributed by atoms with E-state index in [0.717, 1.165) is 0 Å². The van der Waals surface area contributed by atoms with Gasteiger partial charge in [0.1, 0.15) is 21.6 Å². The van der Waals surface area contributed by atoms with Crippen molar-refractivity contribution in [1.82, 2.24) is 9.88 Å². The highest BCUT2D eigenvalue weighted by atomic mass is 35.5. The summed E-state index contributed by atoms with van der Waals surface area (Å²) in [5, 5.41) is 9.49. The van der Waals surface area contributed by atoms with E-state index in [9.17, 15) is 36.8 Å². The molecule has 0 bridgehead atoms. The Morgan fingerprint density at radius 2 is 1.71 bits per heavy atom. The third-order valence-electron chi connectivity index (χ3n) is 8.16. The molecule has 2 heterocycles. The van der Waals surface area contributed by atoms with Gasteiger partial charge in [-0.15, -0.1) is 23.2 Å². The molecule has 3 aliphatic rings. The Balaban J connectivity index is 1.54. The smallest absolute Gasteiger partial charge is 0.439 e. The highest BCUT2D eigenvalue weighted by Gasteiger charge is 2.63. The van der Waals surface area contributed by atoms with Crippen LogP contribution >= 0.6 is 23.2 Å². The van der Waals surface area contributed by atoms with Crippen LogP contribution in [0.1, 0.15) is 66.5 Å². The van der Waals surface area contributed by atoms with Crippen LogP contribution in [0.15, 0.2) is 28.7 Å². The molecule has 2 saturated carbocycles. The van der Waals surface area contributed by atoms with Crippen molar-refractivity contribution in [3.05, 3.63) is 41.5 Å². The maximum Gasteiger partial charge on any atom is 0.463 e. The molecule has 0 N–H and O–H groups in total. The van der Waals surface area contributed by atoms with Crippen LogP contribution < -0.4 is 0 Å². The number of carbonyl (C=O) groups is 2. The third-order valence-corrected chi connectivity index (χ3v) is 8.85. The highest BCUT2D eigenvalue weighted by molar-refractivity contribution is 6.48. The molecule has 1 aromatic heterocycles. The summed E-state index contributed by atoms with van der Waals surface area (Å²) >= 11 is 12.8. The number of aromatic nitrogens is 1. The third kappa shape index (κ3) is 6.01. The van der Waals surface area contributed by atoms with E-state index in [1.54, 1.807) is 4.90 Å². The Kier molecular flexibility index (Phi) is 8.09. The number of hydrogen-bond acceptors (Lipinski definition) is 6. The first-order valence-corrected chi connectivity index (χ1v) is 14.2. The summed E-state index contributed by atoms with van der Waals surface area (Å²) in [5.74, 6) is -10.3. The Hall–Kier alpha value is -2.75. The van der Waals surface area contributed by atoms with Gasteiger partial charge >= 0.3 is 12.1 Å². The highest BCUT2D eigenvalue weighted by Crippen LogP contribution is 2.54. The molecule has 7 nitrogen and oxygen atoms in total. The second-order valence-corrected chi connectivity index (χ2v) is 12.8. The fraction of sp³-hybridized carbons (Fsp3) is 0.571. The molecule has 1 amide bonds. The van der Waals surface area contributed by atoms with Crippen molar-refractivity contribution < 1.29 is 40.7 Å². The molecule has 42 heavy (non-hydrogen) atoms. The van der Waals surface area contributed by atoms with Crippen LogP contribution in [0.3, 0.4) is 0 Å². The normalized spacial score (nSPS) is 23.7. The Labute approximate surface area is 247 Å². The minimum atomic E-state index is -5.99. The van der Waals surface area contributed by atoms with Crippen molar-refractivity contribution in [2.45, 2.75) is 60.9 Å². The summed E-state index contributed by atoms with van der Waals surface area (Å²) in [6, 6.07) is 7.73. The molecule has 5 rings (SSSR count). The summed E-state index contributed by atoms with van der Waals surface area (Å²) in [4.78, 5) is 31.5. The largest absolute Gasteiger partial charge is 0.463 e. The summed E-state index contributed by atoms with van der Waals surface area (Å²) in [5.41, 5.74) is -0.744. The van der Waals surface area contributed by atoms with Gasteiger partial charge in [0.25, 0.3) is 11.8 Å². The number of carbonyl (C=O) groups excluding carboxylic acids is 2. The number of halogens is 7. The van der Waals surface area contributed by atoms with Crippen LogP contribution in [0.5, 0.6) is 0 Å². The van der Waals surface area contributed by atoms with E-state index in [2.05, 4.69) is 11.1 Å². The quantitative estimate of drug-likeness (QED) is 0.246. The maximum absolute atomic E-state index is 14.5. The first-order valence-electron chi connectivity index (χ1n) is 13.4. The van der Waals surface area contributed by atoms with Crippen LogP contribution in [-0.2, 0) is 15.5 Å². The van der Waals surface area contributed by atoms with E-state index in [0.29, 0.717) is 39.1 Å². The molecule has 0 unspecified atom stereocenters. The number of benzene rings is 1. The van der Waals surface area contributed by atoms with E-state index in [1.807, 2.05) is 0 Å². The van der Waals surface area contributed by atoms with Crippen molar-refractivity contribution in [3.8, 4) is 17.3 Å². The number of amides is 1. The average Bonchev–Trinajstić information content (AvgIpc) is 3.58. The SMILES string of the molecule is N#CC1(CC(=O)[C@@H]2CC(Cl)(Cl)CC[C@H]2c2oc(C(F)(F)C(F)(F)F)nc2-c2ccc(C(=O)N3CCOCC3)cc2)CC1. The van der Waals surface area contributed by atoms with Crippen molar-refractivity contribution in [1.29, 1.82) is 5.26 Å². The van der Waals surface area contributed by atoms with Gasteiger partial charge in [0.05, 0.1) is 24.7 Å². The zero-order valence-electron chi connectivity index (χ0n) is 22.2. The predicted molar refractivity (Wildman–Crippen MR) is 140 cm³/mol. The molecule has 1 saturated heterocycles. The molecule has 14 heteroatoms. The standard InChI is InChI=1S/C28H26Cl2F5N3O4/c29-26(30)6-5-18(19(13-26)20(39)14-25(15-36)7-8-25)22-21(37-24(42-22)27(31,32)28(33,34)35)16-1-3-17(4-2-16)23(40)38-9-11-41-12-10-38/h1-4,18-19H,5-14H2/t18-,19-/m1/s1. The van der Waals surface area contributed by atoms with E-state index in [1.165, 1.54) is 24.3 Å². The number of alkyl halides is 7. The Morgan fingerprint density at radius 3 is 2.29 bits per heavy atom. The molecule has 0 spiro atoms. The predicted octanol–water partition coefficient (Wildman–Crippen LogP) is 6.79. The zero-order valence-corrected chi connectivity index (χ0v) is 23.7. The molecule has 1 aromatic carbocycles. The molecule has 0 radical (unpaired) electrons. The average molecular weight is 634 g/mol. The number of rotatable bonds is 7. The number of morpholine rings is 1. The van der Waals surface area contributed by atoms with Crippen LogP contribution in [0.2, 0.25) is 0 Å². The van der Waals surface area contributed by atoms with E-state index in [-0.39, 0.29) is 54.2 Å². The summed E-state index contributed by atoms with van der Waals surface area (Å²) in [7, 11) is 0. The minimum absolute atomic E-state index is 0.0375.